The second-order valence-corrected chi connectivity index (χ2v) is 7.62. The van der Waals surface area contributed by atoms with Crippen molar-refractivity contribution in [1.29, 1.82) is 0 Å². The van der Waals surface area contributed by atoms with Gasteiger partial charge in [-0.2, -0.15) is 0 Å². The van der Waals surface area contributed by atoms with Crippen LogP contribution in [0.2, 0.25) is 0 Å². The Balaban J connectivity index is 1.87. The molecule has 2 N–H and O–H groups in total. The van der Waals surface area contributed by atoms with Gasteiger partial charge < -0.3 is 15.1 Å². The molecule has 1 fully saturated rings. The molecule has 0 atom stereocenters. The van der Waals surface area contributed by atoms with Crippen LogP contribution in [0.25, 0.3) is 6.08 Å². The normalized spacial score (nSPS) is 15.6. The highest BCUT2D eigenvalue weighted by molar-refractivity contribution is 8.27. The first-order chi connectivity index (χ1) is 12.9. The number of carbonyl (C=O) groups is 1. The van der Waals surface area contributed by atoms with E-state index in [1.165, 1.54) is 28.8 Å². The van der Waals surface area contributed by atoms with E-state index in [9.17, 15) is 15.0 Å². The first-order valence-corrected chi connectivity index (χ1v) is 9.82. The number of rotatable bonds is 5. The molecule has 0 saturated carbocycles. The number of hydrogen-bond donors (Lipinski definition) is 2. The monoisotopic (exact) mass is 400 g/mol. The minimum atomic E-state index is -0.229. The van der Waals surface area contributed by atoms with Crippen molar-refractivity contribution in [2.75, 3.05) is 22.9 Å². The standard InChI is InChI=1S/C20H20N2O3S2/c1-3-21(4-2)14-6-8-15(9-7-14)22-19(25)18(27-20(22)26)11-13-5-10-16(23)12-17(13)24/h5-12,23-24H,3-4H2,1-2H3/b18-11-. The molecule has 2 aromatic carbocycles. The van der Waals surface area contributed by atoms with E-state index in [2.05, 4.69) is 18.7 Å². The third-order valence-electron chi connectivity index (χ3n) is 4.33. The van der Waals surface area contributed by atoms with Gasteiger partial charge in [-0.15, -0.1) is 0 Å². The molecule has 3 rings (SSSR count). The second-order valence-electron chi connectivity index (χ2n) is 5.95. The van der Waals surface area contributed by atoms with Crippen LogP contribution in [0.1, 0.15) is 19.4 Å². The lowest BCUT2D eigenvalue weighted by atomic mass is 10.1. The molecule has 0 aromatic heterocycles. The van der Waals surface area contributed by atoms with Crippen LogP contribution in [-0.2, 0) is 4.79 Å². The number of benzene rings is 2. The largest absolute Gasteiger partial charge is 0.508 e. The Kier molecular flexibility index (Phi) is 5.72. The number of phenolic OH excluding ortho intramolecular Hbond substituents is 2. The Morgan fingerprint density at radius 1 is 1.11 bits per heavy atom. The summed E-state index contributed by atoms with van der Waals surface area (Å²) in [5.41, 5.74) is 2.26. The predicted octanol–water partition coefficient (Wildman–Crippen LogP) is 4.35. The number of carbonyl (C=O) groups excluding carboxylic acids is 1. The number of thiocarbonyl (C=S) groups is 1. The van der Waals surface area contributed by atoms with E-state index in [1.54, 1.807) is 12.1 Å². The van der Waals surface area contributed by atoms with E-state index in [0.29, 0.717) is 20.5 Å². The Morgan fingerprint density at radius 2 is 1.78 bits per heavy atom. The third kappa shape index (κ3) is 3.94. The van der Waals surface area contributed by atoms with Crippen molar-refractivity contribution >= 4 is 51.7 Å². The molecule has 1 saturated heterocycles. The Labute approximate surface area is 167 Å². The number of nitrogens with zero attached hydrogens (tertiary/aromatic N) is 2. The quantitative estimate of drug-likeness (QED) is 0.575. The highest BCUT2D eigenvalue weighted by atomic mass is 32.2. The number of amides is 1. The fraction of sp³-hybridized carbons (Fsp3) is 0.200. The van der Waals surface area contributed by atoms with Crippen LogP contribution in [0.3, 0.4) is 0 Å². The maximum Gasteiger partial charge on any atom is 0.270 e. The van der Waals surface area contributed by atoms with Gasteiger partial charge in [0.05, 0.1) is 10.6 Å². The Morgan fingerprint density at radius 3 is 2.37 bits per heavy atom. The summed E-state index contributed by atoms with van der Waals surface area (Å²) < 4.78 is 0.445. The molecule has 0 unspecified atom stereocenters. The van der Waals surface area contributed by atoms with Gasteiger partial charge in [-0.3, -0.25) is 9.69 Å². The van der Waals surface area contributed by atoms with E-state index >= 15 is 0 Å². The van der Waals surface area contributed by atoms with E-state index in [-0.39, 0.29) is 17.4 Å². The topological polar surface area (TPSA) is 64.0 Å². The van der Waals surface area contributed by atoms with Crippen LogP contribution >= 0.6 is 24.0 Å². The van der Waals surface area contributed by atoms with Crippen LogP contribution in [-0.4, -0.2) is 33.5 Å². The number of hydrogen-bond acceptors (Lipinski definition) is 6. The summed E-state index contributed by atoms with van der Waals surface area (Å²) >= 11 is 6.58. The first kappa shape index (κ1) is 19.3. The molecule has 27 heavy (non-hydrogen) atoms. The molecule has 1 aliphatic rings. The van der Waals surface area contributed by atoms with Crippen LogP contribution in [0.5, 0.6) is 11.5 Å². The van der Waals surface area contributed by atoms with E-state index in [1.807, 2.05) is 24.3 Å². The summed E-state index contributed by atoms with van der Waals surface area (Å²) in [5.74, 6) is -0.359. The molecule has 0 radical (unpaired) electrons. The third-order valence-corrected chi connectivity index (χ3v) is 5.63. The maximum atomic E-state index is 12.8. The van der Waals surface area contributed by atoms with Gasteiger partial charge in [0.2, 0.25) is 0 Å². The molecule has 0 bridgehead atoms. The zero-order valence-corrected chi connectivity index (χ0v) is 16.7. The van der Waals surface area contributed by atoms with Crippen molar-refractivity contribution in [1.82, 2.24) is 0 Å². The predicted molar refractivity (Wildman–Crippen MR) is 115 cm³/mol. The second kappa shape index (κ2) is 8.02. The lowest BCUT2D eigenvalue weighted by Gasteiger charge is -2.22. The molecule has 1 amide bonds. The van der Waals surface area contributed by atoms with Crippen molar-refractivity contribution in [2.24, 2.45) is 0 Å². The summed E-state index contributed by atoms with van der Waals surface area (Å²) in [7, 11) is 0. The van der Waals surface area contributed by atoms with Crippen LogP contribution in [0.4, 0.5) is 11.4 Å². The fourth-order valence-corrected chi connectivity index (χ4v) is 4.18. The summed E-state index contributed by atoms with van der Waals surface area (Å²) in [6.07, 6.45) is 1.58. The number of aromatic hydroxyl groups is 2. The molecule has 5 nitrogen and oxygen atoms in total. The van der Waals surface area contributed by atoms with Crippen LogP contribution in [0, 0.1) is 0 Å². The summed E-state index contributed by atoms with van der Waals surface area (Å²) in [6.45, 7) is 6.03. The highest BCUT2D eigenvalue weighted by Crippen LogP contribution is 2.37. The zero-order chi connectivity index (χ0) is 19.6. The smallest absolute Gasteiger partial charge is 0.270 e. The molecule has 0 aliphatic carbocycles. The van der Waals surface area contributed by atoms with Gasteiger partial charge in [0.25, 0.3) is 5.91 Å². The van der Waals surface area contributed by atoms with Crippen molar-refractivity contribution in [3.8, 4) is 11.5 Å². The summed E-state index contributed by atoms with van der Waals surface area (Å²) in [6, 6.07) is 12.0. The van der Waals surface area contributed by atoms with E-state index < -0.39 is 0 Å². The van der Waals surface area contributed by atoms with Gasteiger partial charge >= 0.3 is 0 Å². The van der Waals surface area contributed by atoms with Gasteiger partial charge in [-0.1, -0.05) is 24.0 Å². The number of phenols is 2. The first-order valence-electron chi connectivity index (χ1n) is 8.59. The minimum absolute atomic E-state index is 0.0366. The van der Waals surface area contributed by atoms with Gasteiger partial charge in [-0.25, -0.2) is 0 Å². The number of thioether (sulfide) groups is 1. The Hall–Kier alpha value is -2.51. The van der Waals surface area contributed by atoms with Gasteiger partial charge in [0.1, 0.15) is 11.5 Å². The van der Waals surface area contributed by atoms with Crippen molar-refractivity contribution in [3.63, 3.8) is 0 Å². The van der Waals surface area contributed by atoms with Crippen molar-refractivity contribution in [2.45, 2.75) is 13.8 Å². The van der Waals surface area contributed by atoms with E-state index in [0.717, 1.165) is 18.8 Å². The maximum absolute atomic E-state index is 12.8. The molecular formula is C20H20N2O3S2. The van der Waals surface area contributed by atoms with Crippen molar-refractivity contribution in [3.05, 3.63) is 52.9 Å². The zero-order valence-electron chi connectivity index (χ0n) is 15.0. The molecular weight excluding hydrogens is 380 g/mol. The molecule has 1 heterocycles. The minimum Gasteiger partial charge on any atom is -0.508 e. The van der Waals surface area contributed by atoms with Crippen molar-refractivity contribution < 1.29 is 15.0 Å². The number of anilines is 2. The molecule has 140 valence electrons. The van der Waals surface area contributed by atoms with Crippen LogP contribution < -0.4 is 9.80 Å². The average molecular weight is 401 g/mol. The molecule has 1 aliphatic heterocycles. The fourth-order valence-electron chi connectivity index (χ4n) is 2.89. The SMILES string of the molecule is CCN(CC)c1ccc(N2C(=O)/C(=C/c3ccc(O)cc3O)SC2=S)cc1. The average Bonchev–Trinajstić information content (AvgIpc) is 2.93. The molecule has 7 heteroatoms. The van der Waals surface area contributed by atoms with Gasteiger partial charge in [-0.05, 0) is 56.3 Å². The Bertz CT molecular complexity index is 906. The lowest BCUT2D eigenvalue weighted by molar-refractivity contribution is -0.113. The summed E-state index contributed by atoms with van der Waals surface area (Å²) in [5, 5.41) is 19.3. The lowest BCUT2D eigenvalue weighted by Crippen LogP contribution is -2.27. The molecule has 0 spiro atoms. The summed E-state index contributed by atoms with van der Waals surface area (Å²) in [4.78, 5) is 17.0. The van der Waals surface area contributed by atoms with E-state index in [4.69, 9.17) is 12.2 Å². The highest BCUT2D eigenvalue weighted by Gasteiger charge is 2.33. The van der Waals surface area contributed by atoms with Crippen LogP contribution in [0.15, 0.2) is 47.4 Å². The van der Waals surface area contributed by atoms with Gasteiger partial charge in [0, 0.05) is 30.4 Å². The van der Waals surface area contributed by atoms with Gasteiger partial charge in [0.15, 0.2) is 4.32 Å². The molecule has 2 aromatic rings.